The van der Waals surface area contributed by atoms with Crippen molar-refractivity contribution in [3.05, 3.63) is 65.7 Å². The number of aromatic nitrogens is 1. The molecule has 2 aliphatic heterocycles. The van der Waals surface area contributed by atoms with E-state index in [2.05, 4.69) is 10.3 Å². The minimum Gasteiger partial charge on any atom is -0.350 e. The van der Waals surface area contributed by atoms with Crippen molar-refractivity contribution >= 4 is 11.8 Å². The number of pyridine rings is 1. The molecule has 2 amide bonds. The number of carbonyl (C=O) groups is 2. The highest BCUT2D eigenvalue weighted by Gasteiger charge is 2.49. The van der Waals surface area contributed by atoms with Crippen LogP contribution in [0.3, 0.4) is 0 Å². The van der Waals surface area contributed by atoms with Gasteiger partial charge in [-0.05, 0) is 54.8 Å². The number of nitrogens with one attached hydrogen (secondary N) is 1. The van der Waals surface area contributed by atoms with Gasteiger partial charge in [-0.2, -0.15) is 0 Å². The average molecular weight is 353 g/mol. The average Bonchev–Trinajstić information content (AvgIpc) is 2.99. The molecule has 4 rings (SSSR count). The van der Waals surface area contributed by atoms with Crippen molar-refractivity contribution in [2.24, 2.45) is 0 Å². The van der Waals surface area contributed by atoms with Crippen molar-refractivity contribution in [2.75, 3.05) is 13.1 Å². The Morgan fingerprint density at radius 3 is 2.42 bits per heavy atom. The van der Waals surface area contributed by atoms with Crippen molar-refractivity contribution in [3.63, 3.8) is 0 Å². The van der Waals surface area contributed by atoms with Gasteiger partial charge in [0.05, 0.1) is 5.54 Å². The second-order valence-corrected chi connectivity index (χ2v) is 7.04. The van der Waals surface area contributed by atoms with E-state index in [1.165, 1.54) is 24.3 Å². The highest BCUT2D eigenvalue weighted by molar-refractivity contribution is 5.94. The van der Waals surface area contributed by atoms with Crippen LogP contribution in [-0.4, -0.2) is 40.3 Å². The number of rotatable bonds is 2. The zero-order valence-electron chi connectivity index (χ0n) is 14.3. The van der Waals surface area contributed by atoms with Crippen LogP contribution in [0.2, 0.25) is 0 Å². The van der Waals surface area contributed by atoms with E-state index in [1.54, 1.807) is 17.3 Å². The molecular weight excluding hydrogens is 333 g/mol. The molecule has 1 aromatic heterocycles. The van der Waals surface area contributed by atoms with Crippen molar-refractivity contribution in [3.8, 4) is 0 Å². The van der Waals surface area contributed by atoms with Crippen molar-refractivity contribution < 1.29 is 14.0 Å². The van der Waals surface area contributed by atoms with Gasteiger partial charge in [0.25, 0.3) is 5.91 Å². The molecule has 0 saturated carbocycles. The molecule has 2 aliphatic rings. The zero-order valence-corrected chi connectivity index (χ0v) is 14.3. The third-order valence-corrected chi connectivity index (χ3v) is 5.59. The Bertz CT molecular complexity index is 815. The number of likely N-dealkylation sites (tertiary alicyclic amines) is 1. The minimum atomic E-state index is -0.354. The van der Waals surface area contributed by atoms with Crippen molar-refractivity contribution in [2.45, 2.75) is 30.7 Å². The Balaban J connectivity index is 1.50. The maximum atomic E-state index is 13.1. The van der Waals surface area contributed by atoms with Gasteiger partial charge in [0.15, 0.2) is 0 Å². The first kappa shape index (κ1) is 16.7. The third-order valence-electron chi connectivity index (χ3n) is 5.59. The number of carbonyl (C=O) groups excluding carboxylic acids is 2. The topological polar surface area (TPSA) is 62.3 Å². The SMILES string of the molecule is O=C1CC(c2ccncc2)C2(CCN(C(=O)c3ccc(F)cc3)CC2)N1. The molecule has 0 aliphatic carbocycles. The predicted molar refractivity (Wildman–Crippen MR) is 94.0 cm³/mol. The first-order valence-electron chi connectivity index (χ1n) is 8.83. The maximum absolute atomic E-state index is 13.1. The lowest BCUT2D eigenvalue weighted by atomic mass is 9.74. The fourth-order valence-corrected chi connectivity index (χ4v) is 4.19. The van der Waals surface area contributed by atoms with E-state index in [-0.39, 0.29) is 29.1 Å². The number of nitrogens with zero attached hydrogens (tertiary/aromatic N) is 2. The standard InChI is InChI=1S/C20H20FN3O2/c21-16-3-1-15(2-4-16)19(26)24-11-7-20(8-12-24)17(13-18(25)23-20)14-5-9-22-10-6-14/h1-6,9-10,17H,7-8,11-13H2,(H,23,25). The summed E-state index contributed by atoms with van der Waals surface area (Å²) in [6, 6.07) is 9.55. The molecule has 0 bridgehead atoms. The van der Waals surface area contributed by atoms with Gasteiger partial charge in [-0.15, -0.1) is 0 Å². The van der Waals surface area contributed by atoms with E-state index in [1.807, 2.05) is 12.1 Å². The molecule has 1 spiro atoms. The Morgan fingerprint density at radius 2 is 1.77 bits per heavy atom. The number of piperidine rings is 1. The van der Waals surface area contributed by atoms with Gasteiger partial charge in [-0.25, -0.2) is 4.39 Å². The Kier molecular flexibility index (Phi) is 4.18. The lowest BCUT2D eigenvalue weighted by Crippen LogP contribution is -2.54. The monoisotopic (exact) mass is 353 g/mol. The fourth-order valence-electron chi connectivity index (χ4n) is 4.19. The van der Waals surface area contributed by atoms with Crippen molar-refractivity contribution in [1.82, 2.24) is 15.2 Å². The van der Waals surface area contributed by atoms with Crippen LogP contribution in [0, 0.1) is 5.82 Å². The van der Waals surface area contributed by atoms with Gasteiger partial charge in [-0.3, -0.25) is 14.6 Å². The minimum absolute atomic E-state index is 0.0603. The van der Waals surface area contributed by atoms with Gasteiger partial charge in [0, 0.05) is 43.4 Å². The largest absolute Gasteiger partial charge is 0.350 e. The molecule has 1 atom stereocenters. The molecule has 1 N–H and O–H groups in total. The summed E-state index contributed by atoms with van der Waals surface area (Å²) in [7, 11) is 0. The molecule has 2 aromatic rings. The van der Waals surface area contributed by atoms with Crippen LogP contribution in [0.15, 0.2) is 48.8 Å². The molecule has 2 fully saturated rings. The van der Waals surface area contributed by atoms with Crippen LogP contribution < -0.4 is 5.32 Å². The lowest BCUT2D eigenvalue weighted by Gasteiger charge is -2.43. The summed E-state index contributed by atoms with van der Waals surface area (Å²) in [4.78, 5) is 30.6. The molecule has 134 valence electrons. The quantitative estimate of drug-likeness (QED) is 0.902. The number of hydrogen-bond acceptors (Lipinski definition) is 3. The summed E-state index contributed by atoms with van der Waals surface area (Å²) < 4.78 is 13.1. The first-order chi connectivity index (χ1) is 12.6. The number of amides is 2. The summed E-state index contributed by atoms with van der Waals surface area (Å²) in [6.45, 7) is 1.14. The second-order valence-electron chi connectivity index (χ2n) is 7.04. The molecule has 5 nitrogen and oxygen atoms in total. The first-order valence-corrected chi connectivity index (χ1v) is 8.83. The summed E-state index contributed by atoms with van der Waals surface area (Å²) >= 11 is 0. The number of halogens is 1. The number of hydrogen-bond donors (Lipinski definition) is 1. The van der Waals surface area contributed by atoms with Crippen LogP contribution in [0.25, 0.3) is 0 Å². The molecule has 6 heteroatoms. The summed E-state index contributed by atoms with van der Waals surface area (Å²) in [5.41, 5.74) is 1.29. The van der Waals surface area contributed by atoms with E-state index in [9.17, 15) is 14.0 Å². The van der Waals surface area contributed by atoms with E-state index in [0.717, 1.165) is 5.56 Å². The molecule has 3 heterocycles. The van der Waals surface area contributed by atoms with Gasteiger partial charge in [0.1, 0.15) is 5.82 Å². The fraction of sp³-hybridized carbons (Fsp3) is 0.350. The van der Waals surface area contributed by atoms with Gasteiger partial charge >= 0.3 is 0 Å². The van der Waals surface area contributed by atoms with Gasteiger partial charge in [-0.1, -0.05) is 0 Å². The van der Waals surface area contributed by atoms with Crippen LogP contribution >= 0.6 is 0 Å². The summed E-state index contributed by atoms with van der Waals surface area (Å²) in [5, 5.41) is 3.18. The zero-order chi connectivity index (χ0) is 18.1. The summed E-state index contributed by atoms with van der Waals surface area (Å²) in [6.07, 6.45) is 5.38. The Morgan fingerprint density at radius 1 is 1.12 bits per heavy atom. The predicted octanol–water partition coefficient (Wildman–Crippen LogP) is 2.50. The molecule has 1 aromatic carbocycles. The molecule has 2 saturated heterocycles. The van der Waals surface area contributed by atoms with Gasteiger partial charge < -0.3 is 10.2 Å². The van der Waals surface area contributed by atoms with Crippen LogP contribution in [0.1, 0.15) is 41.1 Å². The van der Waals surface area contributed by atoms with E-state index in [4.69, 9.17) is 0 Å². The highest BCUT2D eigenvalue weighted by Crippen LogP contribution is 2.43. The highest BCUT2D eigenvalue weighted by atomic mass is 19.1. The Labute approximate surface area is 151 Å². The van der Waals surface area contributed by atoms with Crippen molar-refractivity contribution in [1.29, 1.82) is 0 Å². The van der Waals surface area contributed by atoms with Crippen LogP contribution in [-0.2, 0) is 4.79 Å². The normalized spacial score (nSPS) is 21.7. The van der Waals surface area contributed by atoms with E-state index in [0.29, 0.717) is 37.9 Å². The molecule has 0 radical (unpaired) electrons. The molecule has 26 heavy (non-hydrogen) atoms. The molecular formula is C20H20FN3O2. The van der Waals surface area contributed by atoms with E-state index < -0.39 is 0 Å². The lowest BCUT2D eigenvalue weighted by molar-refractivity contribution is -0.120. The summed E-state index contributed by atoms with van der Waals surface area (Å²) in [5.74, 6) is -0.288. The van der Waals surface area contributed by atoms with Crippen LogP contribution in [0.5, 0.6) is 0 Å². The second kappa shape index (κ2) is 6.52. The number of benzene rings is 1. The smallest absolute Gasteiger partial charge is 0.253 e. The third kappa shape index (κ3) is 2.96. The van der Waals surface area contributed by atoms with Crippen LogP contribution in [0.4, 0.5) is 4.39 Å². The maximum Gasteiger partial charge on any atom is 0.253 e. The molecule has 1 unspecified atom stereocenters. The Hall–Kier alpha value is -2.76. The van der Waals surface area contributed by atoms with E-state index >= 15 is 0 Å². The van der Waals surface area contributed by atoms with Gasteiger partial charge in [0.2, 0.25) is 5.91 Å².